The largest absolute Gasteiger partial charge is 0.478 e. The van der Waals surface area contributed by atoms with E-state index in [2.05, 4.69) is 4.98 Å². The van der Waals surface area contributed by atoms with Crippen LogP contribution in [0.2, 0.25) is 0 Å². The van der Waals surface area contributed by atoms with E-state index in [4.69, 9.17) is 5.11 Å². The van der Waals surface area contributed by atoms with Crippen molar-refractivity contribution in [3.63, 3.8) is 0 Å². The Balaban J connectivity index is 2.96. The first-order chi connectivity index (χ1) is 6.09. The highest BCUT2D eigenvalue weighted by molar-refractivity contribution is 5.85. The zero-order valence-electron chi connectivity index (χ0n) is 6.99. The fraction of sp³-hybridized carbons (Fsp3) is 0.111. The van der Waals surface area contributed by atoms with Gasteiger partial charge >= 0.3 is 5.97 Å². The normalized spacial score (nSPS) is 10.6. The van der Waals surface area contributed by atoms with Crippen molar-refractivity contribution in [3.8, 4) is 0 Å². The highest BCUT2D eigenvalue weighted by Gasteiger charge is 1.97. The molecule has 13 heavy (non-hydrogen) atoms. The molecule has 0 fully saturated rings. The van der Waals surface area contributed by atoms with Gasteiger partial charge in [0.25, 0.3) is 0 Å². The Kier molecular flexibility index (Phi) is 2.74. The molecule has 0 atom stereocenters. The maximum Gasteiger partial charge on any atom is 0.328 e. The van der Waals surface area contributed by atoms with Gasteiger partial charge in [0.2, 0.25) is 5.95 Å². The molecule has 1 aromatic rings. The standard InChI is InChI=1S/C9H8FNO2/c1-6-4-8(10)11-5-7(6)2-3-9(12)13/h2-5H,1H3,(H,12,13). The molecular weight excluding hydrogens is 173 g/mol. The summed E-state index contributed by atoms with van der Waals surface area (Å²) in [6.07, 6.45) is 3.66. The van der Waals surface area contributed by atoms with Crippen LogP contribution in [-0.4, -0.2) is 16.1 Å². The monoisotopic (exact) mass is 181 g/mol. The molecule has 0 aromatic carbocycles. The van der Waals surface area contributed by atoms with Gasteiger partial charge in [0, 0.05) is 12.3 Å². The van der Waals surface area contributed by atoms with E-state index in [1.54, 1.807) is 6.92 Å². The van der Waals surface area contributed by atoms with Crippen molar-refractivity contribution in [1.29, 1.82) is 0 Å². The molecule has 0 bridgehead atoms. The summed E-state index contributed by atoms with van der Waals surface area (Å²) in [5.41, 5.74) is 1.26. The Labute approximate surface area is 74.5 Å². The predicted octanol–water partition coefficient (Wildman–Crippen LogP) is 1.63. The molecule has 0 amide bonds. The topological polar surface area (TPSA) is 50.2 Å². The number of hydrogen-bond acceptors (Lipinski definition) is 2. The number of aliphatic carboxylic acids is 1. The Morgan fingerprint density at radius 2 is 2.38 bits per heavy atom. The maximum atomic E-state index is 12.5. The van der Waals surface area contributed by atoms with E-state index in [-0.39, 0.29) is 0 Å². The summed E-state index contributed by atoms with van der Waals surface area (Å²) in [6.45, 7) is 1.69. The second-order valence-electron chi connectivity index (χ2n) is 2.54. The van der Waals surface area contributed by atoms with Crippen LogP contribution in [0.15, 0.2) is 18.3 Å². The van der Waals surface area contributed by atoms with Gasteiger partial charge in [0.05, 0.1) is 0 Å². The van der Waals surface area contributed by atoms with Crippen LogP contribution in [0.1, 0.15) is 11.1 Å². The van der Waals surface area contributed by atoms with E-state index < -0.39 is 11.9 Å². The predicted molar refractivity (Wildman–Crippen MR) is 45.6 cm³/mol. The molecule has 1 N–H and O–H groups in total. The average Bonchev–Trinajstić information content (AvgIpc) is 2.02. The van der Waals surface area contributed by atoms with E-state index >= 15 is 0 Å². The number of carboxylic acids is 1. The lowest BCUT2D eigenvalue weighted by molar-refractivity contribution is -0.131. The van der Waals surface area contributed by atoms with Crippen molar-refractivity contribution in [2.24, 2.45) is 0 Å². The number of halogens is 1. The first kappa shape index (κ1) is 9.38. The average molecular weight is 181 g/mol. The van der Waals surface area contributed by atoms with E-state index in [9.17, 15) is 9.18 Å². The van der Waals surface area contributed by atoms with Crippen LogP contribution in [0.25, 0.3) is 6.08 Å². The molecule has 4 heteroatoms. The molecule has 0 spiro atoms. The number of hydrogen-bond donors (Lipinski definition) is 1. The molecule has 68 valence electrons. The van der Waals surface area contributed by atoms with Crippen LogP contribution in [-0.2, 0) is 4.79 Å². The Hall–Kier alpha value is -1.71. The first-order valence-electron chi connectivity index (χ1n) is 3.63. The molecule has 0 aliphatic carbocycles. The van der Waals surface area contributed by atoms with Gasteiger partial charge in [-0.15, -0.1) is 0 Å². The number of aryl methyl sites for hydroxylation is 1. The van der Waals surface area contributed by atoms with Gasteiger partial charge < -0.3 is 5.11 Å². The van der Waals surface area contributed by atoms with Crippen LogP contribution in [0.4, 0.5) is 4.39 Å². The summed E-state index contributed by atoms with van der Waals surface area (Å²) in [5, 5.41) is 8.34. The second kappa shape index (κ2) is 3.80. The minimum absolute atomic E-state index is 0.565. The molecule has 1 aromatic heterocycles. The second-order valence-corrected chi connectivity index (χ2v) is 2.54. The van der Waals surface area contributed by atoms with Crippen LogP contribution >= 0.6 is 0 Å². The van der Waals surface area contributed by atoms with Gasteiger partial charge in [-0.25, -0.2) is 9.78 Å². The van der Waals surface area contributed by atoms with Gasteiger partial charge in [-0.05, 0) is 30.2 Å². The number of aromatic nitrogens is 1. The summed E-state index contributed by atoms with van der Waals surface area (Å²) in [6, 6.07) is 1.25. The van der Waals surface area contributed by atoms with Crippen molar-refractivity contribution in [2.45, 2.75) is 6.92 Å². The van der Waals surface area contributed by atoms with Crippen molar-refractivity contribution in [2.75, 3.05) is 0 Å². The maximum absolute atomic E-state index is 12.5. The minimum atomic E-state index is -1.04. The quantitative estimate of drug-likeness (QED) is 0.557. The van der Waals surface area contributed by atoms with Crippen molar-refractivity contribution >= 4 is 12.0 Å². The van der Waals surface area contributed by atoms with Crippen LogP contribution in [0.3, 0.4) is 0 Å². The molecule has 3 nitrogen and oxygen atoms in total. The van der Waals surface area contributed by atoms with Crippen molar-refractivity contribution < 1.29 is 14.3 Å². The van der Waals surface area contributed by atoms with Crippen molar-refractivity contribution in [1.82, 2.24) is 4.98 Å². The summed E-state index contributed by atoms with van der Waals surface area (Å²) in [5.74, 6) is -1.60. The Morgan fingerprint density at radius 3 is 2.92 bits per heavy atom. The number of carbonyl (C=O) groups is 1. The van der Waals surface area contributed by atoms with E-state index in [0.29, 0.717) is 11.1 Å². The third-order valence-electron chi connectivity index (χ3n) is 1.52. The fourth-order valence-corrected chi connectivity index (χ4v) is 0.868. The number of nitrogens with zero attached hydrogens (tertiary/aromatic N) is 1. The van der Waals surface area contributed by atoms with Gasteiger partial charge in [0.15, 0.2) is 0 Å². The highest BCUT2D eigenvalue weighted by atomic mass is 19.1. The Morgan fingerprint density at radius 1 is 1.69 bits per heavy atom. The molecule has 1 heterocycles. The van der Waals surface area contributed by atoms with Gasteiger partial charge in [0.1, 0.15) is 0 Å². The molecule has 0 aliphatic rings. The van der Waals surface area contributed by atoms with Gasteiger partial charge in [-0.1, -0.05) is 0 Å². The van der Waals surface area contributed by atoms with Crippen LogP contribution < -0.4 is 0 Å². The summed E-state index contributed by atoms with van der Waals surface area (Å²) in [7, 11) is 0. The fourth-order valence-electron chi connectivity index (χ4n) is 0.868. The molecule has 0 saturated carbocycles. The zero-order chi connectivity index (χ0) is 9.84. The SMILES string of the molecule is Cc1cc(F)ncc1C=CC(=O)O. The number of pyridine rings is 1. The van der Waals surface area contributed by atoms with E-state index in [1.807, 2.05) is 0 Å². The summed E-state index contributed by atoms with van der Waals surface area (Å²) in [4.78, 5) is 13.6. The smallest absolute Gasteiger partial charge is 0.328 e. The molecular formula is C9H8FNO2. The molecule has 0 radical (unpaired) electrons. The van der Waals surface area contributed by atoms with E-state index in [0.717, 1.165) is 6.08 Å². The number of rotatable bonds is 2. The molecule has 0 saturated heterocycles. The lowest BCUT2D eigenvalue weighted by Gasteiger charge is -1.97. The minimum Gasteiger partial charge on any atom is -0.478 e. The third-order valence-corrected chi connectivity index (χ3v) is 1.52. The van der Waals surface area contributed by atoms with E-state index in [1.165, 1.54) is 18.3 Å². The highest BCUT2D eigenvalue weighted by Crippen LogP contribution is 2.08. The van der Waals surface area contributed by atoms with Crippen molar-refractivity contribution in [3.05, 3.63) is 35.4 Å². The summed E-state index contributed by atoms with van der Waals surface area (Å²) >= 11 is 0. The van der Waals surface area contributed by atoms with Gasteiger partial charge in [-0.2, -0.15) is 4.39 Å². The van der Waals surface area contributed by atoms with Crippen LogP contribution in [0.5, 0.6) is 0 Å². The third kappa shape index (κ3) is 2.66. The van der Waals surface area contributed by atoms with Gasteiger partial charge in [-0.3, -0.25) is 0 Å². The lowest BCUT2D eigenvalue weighted by atomic mass is 10.1. The van der Waals surface area contributed by atoms with Crippen LogP contribution in [0, 0.1) is 12.9 Å². The first-order valence-corrected chi connectivity index (χ1v) is 3.63. The summed E-state index contributed by atoms with van der Waals surface area (Å²) < 4.78 is 12.5. The zero-order valence-corrected chi connectivity index (χ0v) is 6.99. The number of carboxylic acid groups (broad SMARTS) is 1. The molecule has 0 aliphatic heterocycles. The molecule has 1 rings (SSSR count). The molecule has 0 unspecified atom stereocenters. The lowest BCUT2D eigenvalue weighted by Crippen LogP contribution is -1.90. The Bertz CT molecular complexity index is 361.